The second-order valence-electron chi connectivity index (χ2n) is 2.73. The molecule has 0 saturated carbocycles. The fourth-order valence-corrected chi connectivity index (χ4v) is 2.06. The smallest absolute Gasteiger partial charge is 0.139 e. The van der Waals surface area contributed by atoms with Gasteiger partial charge in [0, 0.05) is 17.9 Å². The molecule has 0 aromatic heterocycles. The molecule has 2 aliphatic rings. The van der Waals surface area contributed by atoms with E-state index in [0.29, 0.717) is 0 Å². The minimum absolute atomic E-state index is 0.596. The van der Waals surface area contributed by atoms with Crippen LogP contribution in [0.25, 0.3) is 0 Å². The Morgan fingerprint density at radius 3 is 2.80 bits per heavy atom. The van der Waals surface area contributed by atoms with E-state index < -0.39 is 5.60 Å². The third kappa shape index (κ3) is 0.847. The molecular weight excluding hydrogens is 148 g/mol. The van der Waals surface area contributed by atoms with Crippen LogP contribution in [-0.2, 0) is 4.74 Å². The maximum atomic E-state index is 9.70. The van der Waals surface area contributed by atoms with Crippen LogP contribution in [0, 0.1) is 0 Å². The first-order valence-electron chi connectivity index (χ1n) is 3.45. The van der Waals surface area contributed by atoms with Gasteiger partial charge in [0.15, 0.2) is 0 Å². The van der Waals surface area contributed by atoms with Crippen LogP contribution in [0.3, 0.4) is 0 Å². The lowest BCUT2D eigenvalue weighted by Crippen LogP contribution is -2.45. The van der Waals surface area contributed by atoms with Crippen LogP contribution < -0.4 is 0 Å². The molecule has 10 heavy (non-hydrogen) atoms. The van der Waals surface area contributed by atoms with Gasteiger partial charge in [0.05, 0.1) is 6.61 Å². The van der Waals surface area contributed by atoms with Crippen LogP contribution in [0.2, 0.25) is 0 Å². The standard InChI is InChI=1S/C7H10O2S/c8-7(4-10-5-7)6-2-1-3-9-6/h2,8H,1,3-5H2. The van der Waals surface area contributed by atoms with Gasteiger partial charge in [-0.2, -0.15) is 11.8 Å². The van der Waals surface area contributed by atoms with Crippen molar-refractivity contribution in [2.75, 3.05) is 18.1 Å². The zero-order chi connectivity index (χ0) is 7.03. The highest BCUT2D eigenvalue weighted by Gasteiger charge is 2.41. The number of ether oxygens (including phenoxy) is 1. The highest BCUT2D eigenvalue weighted by molar-refractivity contribution is 8.00. The second-order valence-corrected chi connectivity index (χ2v) is 3.72. The van der Waals surface area contributed by atoms with E-state index in [9.17, 15) is 5.11 Å². The molecule has 2 heterocycles. The predicted octanol–water partition coefficient (Wildman–Crippen LogP) is 0.768. The molecule has 0 atom stereocenters. The van der Waals surface area contributed by atoms with Gasteiger partial charge in [0.2, 0.25) is 0 Å². The lowest BCUT2D eigenvalue weighted by molar-refractivity contribution is 0.0492. The van der Waals surface area contributed by atoms with Crippen LogP contribution in [0.4, 0.5) is 0 Å². The first kappa shape index (κ1) is 6.55. The van der Waals surface area contributed by atoms with Crippen molar-refractivity contribution >= 4 is 11.8 Å². The Bertz CT molecular complexity index is 172. The van der Waals surface area contributed by atoms with E-state index in [1.54, 1.807) is 11.8 Å². The molecule has 56 valence electrons. The summed E-state index contributed by atoms with van der Waals surface area (Å²) in [5.41, 5.74) is -0.596. The summed E-state index contributed by atoms with van der Waals surface area (Å²) in [5.74, 6) is 2.42. The summed E-state index contributed by atoms with van der Waals surface area (Å²) in [6.45, 7) is 0.752. The molecule has 2 nitrogen and oxygen atoms in total. The summed E-state index contributed by atoms with van der Waals surface area (Å²) in [6.07, 6.45) is 2.96. The zero-order valence-electron chi connectivity index (χ0n) is 5.67. The van der Waals surface area contributed by atoms with Crippen LogP contribution >= 0.6 is 11.8 Å². The van der Waals surface area contributed by atoms with Crippen LogP contribution in [0.1, 0.15) is 6.42 Å². The minimum Gasteiger partial charge on any atom is -0.495 e. The van der Waals surface area contributed by atoms with Gasteiger partial charge in [-0.15, -0.1) is 0 Å². The Hall–Kier alpha value is -0.150. The van der Waals surface area contributed by atoms with Gasteiger partial charge in [-0.1, -0.05) is 0 Å². The van der Waals surface area contributed by atoms with Gasteiger partial charge in [0.25, 0.3) is 0 Å². The van der Waals surface area contributed by atoms with Crippen LogP contribution in [0.5, 0.6) is 0 Å². The van der Waals surface area contributed by atoms with E-state index in [1.165, 1.54) is 0 Å². The molecule has 0 spiro atoms. The molecular formula is C7H10O2S. The summed E-state index contributed by atoms with van der Waals surface area (Å²) < 4.78 is 5.26. The molecule has 3 heteroatoms. The van der Waals surface area contributed by atoms with Gasteiger partial charge in [-0.3, -0.25) is 0 Å². The molecule has 0 aliphatic carbocycles. The van der Waals surface area contributed by atoms with E-state index in [4.69, 9.17) is 4.74 Å². The monoisotopic (exact) mass is 158 g/mol. The molecule has 2 rings (SSSR count). The Labute approximate surface area is 64.3 Å². The first-order chi connectivity index (χ1) is 4.81. The van der Waals surface area contributed by atoms with Crippen LogP contribution in [0.15, 0.2) is 11.8 Å². The fraction of sp³-hybridized carbons (Fsp3) is 0.714. The normalized spacial score (nSPS) is 28.7. The Morgan fingerprint density at radius 2 is 2.40 bits per heavy atom. The SMILES string of the molecule is OC1(C2=CCCO2)CSC1. The van der Waals surface area contributed by atoms with E-state index in [-0.39, 0.29) is 0 Å². The molecule has 0 amide bonds. The first-order valence-corrected chi connectivity index (χ1v) is 4.60. The van der Waals surface area contributed by atoms with E-state index in [1.807, 2.05) is 6.08 Å². The van der Waals surface area contributed by atoms with Gasteiger partial charge in [-0.25, -0.2) is 0 Å². The zero-order valence-corrected chi connectivity index (χ0v) is 6.49. The van der Waals surface area contributed by atoms with Crippen molar-refractivity contribution in [3.63, 3.8) is 0 Å². The summed E-state index contributed by atoms with van der Waals surface area (Å²) in [6, 6.07) is 0. The molecule has 1 N–H and O–H groups in total. The third-order valence-electron chi connectivity index (χ3n) is 1.85. The number of rotatable bonds is 1. The largest absolute Gasteiger partial charge is 0.495 e. The number of hydrogen-bond donors (Lipinski definition) is 1. The van der Waals surface area contributed by atoms with Gasteiger partial charge >= 0.3 is 0 Å². The van der Waals surface area contributed by atoms with Crippen molar-refractivity contribution in [2.45, 2.75) is 12.0 Å². The van der Waals surface area contributed by atoms with Gasteiger partial charge < -0.3 is 9.84 Å². The van der Waals surface area contributed by atoms with E-state index in [2.05, 4.69) is 0 Å². The Kier molecular flexibility index (Phi) is 1.42. The minimum atomic E-state index is -0.596. The quantitative estimate of drug-likeness (QED) is 0.611. The molecule has 2 aliphatic heterocycles. The summed E-state index contributed by atoms with van der Waals surface area (Å²) in [5, 5.41) is 9.70. The highest BCUT2D eigenvalue weighted by atomic mass is 32.2. The third-order valence-corrected chi connectivity index (χ3v) is 3.21. The van der Waals surface area contributed by atoms with Crippen molar-refractivity contribution in [3.05, 3.63) is 11.8 Å². The maximum absolute atomic E-state index is 9.70. The van der Waals surface area contributed by atoms with Gasteiger partial charge in [-0.05, 0) is 6.08 Å². The molecule has 0 aromatic rings. The van der Waals surface area contributed by atoms with Crippen molar-refractivity contribution in [1.29, 1.82) is 0 Å². The van der Waals surface area contributed by atoms with Crippen molar-refractivity contribution in [2.24, 2.45) is 0 Å². The van der Waals surface area contributed by atoms with Crippen molar-refractivity contribution < 1.29 is 9.84 Å². The van der Waals surface area contributed by atoms with Crippen LogP contribution in [-0.4, -0.2) is 28.8 Å². The summed E-state index contributed by atoms with van der Waals surface area (Å²) in [4.78, 5) is 0. The number of aliphatic hydroxyl groups is 1. The Balaban J connectivity index is 2.09. The molecule has 0 aromatic carbocycles. The molecule has 0 unspecified atom stereocenters. The lowest BCUT2D eigenvalue weighted by Gasteiger charge is -2.35. The second kappa shape index (κ2) is 2.17. The molecule has 1 fully saturated rings. The average Bonchev–Trinajstić information content (AvgIpc) is 2.33. The van der Waals surface area contributed by atoms with Crippen molar-refractivity contribution in [1.82, 2.24) is 0 Å². The number of hydrogen-bond acceptors (Lipinski definition) is 3. The lowest BCUT2D eigenvalue weighted by atomic mass is 10.1. The topological polar surface area (TPSA) is 29.5 Å². The van der Waals surface area contributed by atoms with Crippen molar-refractivity contribution in [3.8, 4) is 0 Å². The Morgan fingerprint density at radius 1 is 1.60 bits per heavy atom. The van der Waals surface area contributed by atoms with E-state index in [0.717, 1.165) is 30.3 Å². The fourth-order valence-electron chi connectivity index (χ4n) is 1.18. The van der Waals surface area contributed by atoms with Gasteiger partial charge in [0.1, 0.15) is 11.4 Å². The summed E-state index contributed by atoms with van der Waals surface area (Å²) in [7, 11) is 0. The maximum Gasteiger partial charge on any atom is 0.139 e. The molecule has 1 saturated heterocycles. The van der Waals surface area contributed by atoms with E-state index >= 15 is 0 Å². The number of thioether (sulfide) groups is 1. The molecule has 0 bridgehead atoms. The highest BCUT2D eigenvalue weighted by Crippen LogP contribution is 2.37. The predicted molar refractivity (Wildman–Crippen MR) is 40.9 cm³/mol. The average molecular weight is 158 g/mol. The summed E-state index contributed by atoms with van der Waals surface area (Å²) >= 11 is 1.76. The molecule has 0 radical (unpaired) electrons.